The van der Waals surface area contributed by atoms with Crippen LogP contribution in [-0.4, -0.2) is 13.6 Å². The topological polar surface area (TPSA) is 12.0 Å². The molecule has 1 aromatic carbocycles. The van der Waals surface area contributed by atoms with Crippen molar-refractivity contribution in [3.63, 3.8) is 0 Å². The van der Waals surface area contributed by atoms with E-state index < -0.39 is 0 Å². The highest BCUT2D eigenvalue weighted by Crippen LogP contribution is 2.20. The average molecular weight is 219 g/mol. The first kappa shape index (κ1) is 13.2. The van der Waals surface area contributed by atoms with Crippen LogP contribution in [0.2, 0.25) is 0 Å². The van der Waals surface area contributed by atoms with E-state index >= 15 is 0 Å². The van der Waals surface area contributed by atoms with Crippen molar-refractivity contribution >= 4 is 0 Å². The minimum Gasteiger partial charge on any atom is -0.319 e. The fourth-order valence-electron chi connectivity index (χ4n) is 2.16. The molecule has 1 N–H and O–H groups in total. The first-order chi connectivity index (χ1) is 7.54. The molecular weight excluding hydrogens is 194 g/mol. The Morgan fingerprint density at radius 1 is 1.19 bits per heavy atom. The summed E-state index contributed by atoms with van der Waals surface area (Å²) >= 11 is 0. The van der Waals surface area contributed by atoms with E-state index in [1.54, 1.807) is 0 Å². The molecule has 0 saturated heterocycles. The molecule has 90 valence electrons. The molecule has 1 atom stereocenters. The van der Waals surface area contributed by atoms with Gasteiger partial charge in [-0.2, -0.15) is 0 Å². The lowest BCUT2D eigenvalue weighted by Gasteiger charge is -2.21. The molecule has 1 heteroatoms. The van der Waals surface area contributed by atoms with Crippen molar-refractivity contribution in [2.45, 2.75) is 34.1 Å². The molecule has 1 rings (SSSR count). The Labute approximate surface area is 100 Å². The van der Waals surface area contributed by atoms with E-state index in [0.717, 1.165) is 18.4 Å². The zero-order valence-electron chi connectivity index (χ0n) is 11.3. The van der Waals surface area contributed by atoms with Crippen molar-refractivity contribution in [3.8, 4) is 0 Å². The van der Waals surface area contributed by atoms with Crippen molar-refractivity contribution in [2.24, 2.45) is 11.8 Å². The van der Waals surface area contributed by atoms with Gasteiger partial charge in [0.25, 0.3) is 0 Å². The lowest BCUT2D eigenvalue weighted by atomic mass is 9.87. The Morgan fingerprint density at radius 3 is 2.38 bits per heavy atom. The predicted molar refractivity (Wildman–Crippen MR) is 71.9 cm³/mol. The van der Waals surface area contributed by atoms with Gasteiger partial charge >= 0.3 is 0 Å². The van der Waals surface area contributed by atoms with Gasteiger partial charge in [0.2, 0.25) is 0 Å². The summed E-state index contributed by atoms with van der Waals surface area (Å²) in [6, 6.07) is 6.79. The molecule has 0 amide bonds. The van der Waals surface area contributed by atoms with Gasteiger partial charge in [0.1, 0.15) is 0 Å². The molecule has 1 nitrogen and oxygen atoms in total. The van der Waals surface area contributed by atoms with Crippen molar-refractivity contribution in [3.05, 3.63) is 34.9 Å². The SMILES string of the molecule is CNCC(Cc1ccc(C)cc1C)C(C)C. The minimum absolute atomic E-state index is 0.728. The first-order valence-corrected chi connectivity index (χ1v) is 6.25. The monoisotopic (exact) mass is 219 g/mol. The molecule has 16 heavy (non-hydrogen) atoms. The van der Waals surface area contributed by atoms with Gasteiger partial charge in [-0.3, -0.25) is 0 Å². The zero-order chi connectivity index (χ0) is 12.1. The van der Waals surface area contributed by atoms with Gasteiger partial charge in [-0.1, -0.05) is 37.6 Å². The highest BCUT2D eigenvalue weighted by Gasteiger charge is 2.14. The Hall–Kier alpha value is -0.820. The number of hydrogen-bond donors (Lipinski definition) is 1. The molecule has 0 heterocycles. The lowest BCUT2D eigenvalue weighted by molar-refractivity contribution is 0.370. The van der Waals surface area contributed by atoms with Gasteiger partial charge in [-0.15, -0.1) is 0 Å². The summed E-state index contributed by atoms with van der Waals surface area (Å²) < 4.78 is 0. The van der Waals surface area contributed by atoms with E-state index in [9.17, 15) is 0 Å². The molecule has 0 aromatic heterocycles. The standard InChI is InChI=1S/C15H25N/c1-11(2)15(10-16-5)9-14-7-6-12(3)8-13(14)4/h6-8,11,15-16H,9-10H2,1-5H3. The third-order valence-electron chi connectivity index (χ3n) is 3.39. The summed E-state index contributed by atoms with van der Waals surface area (Å²) in [4.78, 5) is 0. The number of aryl methyl sites for hydroxylation is 2. The van der Waals surface area contributed by atoms with Crippen LogP contribution in [0, 0.1) is 25.7 Å². The molecule has 0 fully saturated rings. The number of benzene rings is 1. The minimum atomic E-state index is 0.728. The van der Waals surface area contributed by atoms with Crippen molar-refractivity contribution < 1.29 is 0 Å². The largest absolute Gasteiger partial charge is 0.319 e. The second-order valence-electron chi connectivity index (χ2n) is 5.20. The van der Waals surface area contributed by atoms with Gasteiger partial charge in [0.05, 0.1) is 0 Å². The van der Waals surface area contributed by atoms with E-state index in [2.05, 4.69) is 51.2 Å². The van der Waals surface area contributed by atoms with Gasteiger partial charge in [0, 0.05) is 0 Å². The van der Waals surface area contributed by atoms with E-state index in [1.807, 2.05) is 7.05 Å². The van der Waals surface area contributed by atoms with Crippen molar-refractivity contribution in [2.75, 3.05) is 13.6 Å². The van der Waals surface area contributed by atoms with Gasteiger partial charge in [-0.05, 0) is 56.8 Å². The van der Waals surface area contributed by atoms with Crippen LogP contribution < -0.4 is 5.32 Å². The molecular formula is C15H25N. The molecule has 0 aliphatic rings. The Balaban J connectivity index is 2.77. The zero-order valence-corrected chi connectivity index (χ0v) is 11.3. The summed E-state index contributed by atoms with van der Waals surface area (Å²) in [5, 5.41) is 3.30. The lowest BCUT2D eigenvalue weighted by Crippen LogP contribution is -2.25. The molecule has 0 saturated carbocycles. The molecule has 1 unspecified atom stereocenters. The Morgan fingerprint density at radius 2 is 1.88 bits per heavy atom. The summed E-state index contributed by atoms with van der Waals surface area (Å²) in [7, 11) is 2.04. The van der Waals surface area contributed by atoms with Crippen LogP contribution >= 0.6 is 0 Å². The van der Waals surface area contributed by atoms with E-state index in [4.69, 9.17) is 0 Å². The fourth-order valence-corrected chi connectivity index (χ4v) is 2.16. The van der Waals surface area contributed by atoms with Crippen LogP contribution in [-0.2, 0) is 6.42 Å². The number of rotatable bonds is 5. The normalized spacial score (nSPS) is 13.1. The quantitative estimate of drug-likeness (QED) is 0.801. The second-order valence-corrected chi connectivity index (χ2v) is 5.20. The van der Waals surface area contributed by atoms with Gasteiger partial charge in [-0.25, -0.2) is 0 Å². The fraction of sp³-hybridized carbons (Fsp3) is 0.600. The predicted octanol–water partition coefficient (Wildman–Crippen LogP) is 3.34. The molecule has 0 aliphatic heterocycles. The van der Waals surface area contributed by atoms with E-state index in [1.165, 1.54) is 23.1 Å². The number of nitrogens with one attached hydrogen (secondary N) is 1. The second kappa shape index (κ2) is 6.05. The van der Waals surface area contributed by atoms with Crippen molar-refractivity contribution in [1.29, 1.82) is 0 Å². The molecule has 0 bridgehead atoms. The molecule has 0 radical (unpaired) electrons. The summed E-state index contributed by atoms with van der Waals surface area (Å²) in [6.07, 6.45) is 1.19. The highest BCUT2D eigenvalue weighted by molar-refractivity contribution is 5.30. The maximum absolute atomic E-state index is 3.30. The molecule has 0 spiro atoms. The van der Waals surface area contributed by atoms with Crippen LogP contribution in [0.3, 0.4) is 0 Å². The Kier molecular flexibility index (Phi) is 5.01. The smallest absolute Gasteiger partial charge is 0.00179 e. The van der Waals surface area contributed by atoms with Crippen LogP contribution in [0.4, 0.5) is 0 Å². The maximum Gasteiger partial charge on any atom is -0.00179 e. The van der Waals surface area contributed by atoms with Crippen LogP contribution in [0.25, 0.3) is 0 Å². The van der Waals surface area contributed by atoms with Crippen LogP contribution in [0.1, 0.15) is 30.5 Å². The van der Waals surface area contributed by atoms with Gasteiger partial charge in [0.15, 0.2) is 0 Å². The maximum atomic E-state index is 3.30. The molecule has 1 aromatic rings. The van der Waals surface area contributed by atoms with Crippen LogP contribution in [0.5, 0.6) is 0 Å². The van der Waals surface area contributed by atoms with E-state index in [0.29, 0.717) is 0 Å². The average Bonchev–Trinajstić information content (AvgIpc) is 2.20. The van der Waals surface area contributed by atoms with Crippen molar-refractivity contribution in [1.82, 2.24) is 5.32 Å². The summed E-state index contributed by atoms with van der Waals surface area (Å²) in [6.45, 7) is 10.1. The first-order valence-electron chi connectivity index (χ1n) is 6.25. The summed E-state index contributed by atoms with van der Waals surface area (Å²) in [5.74, 6) is 1.46. The number of hydrogen-bond acceptors (Lipinski definition) is 1. The summed E-state index contributed by atoms with van der Waals surface area (Å²) in [5.41, 5.74) is 4.29. The van der Waals surface area contributed by atoms with Gasteiger partial charge < -0.3 is 5.32 Å². The third kappa shape index (κ3) is 3.64. The molecule has 0 aliphatic carbocycles. The third-order valence-corrected chi connectivity index (χ3v) is 3.39. The Bertz CT molecular complexity index is 328. The van der Waals surface area contributed by atoms with E-state index in [-0.39, 0.29) is 0 Å². The highest BCUT2D eigenvalue weighted by atomic mass is 14.8. The van der Waals surface area contributed by atoms with Crippen LogP contribution in [0.15, 0.2) is 18.2 Å².